The van der Waals surface area contributed by atoms with Crippen LogP contribution in [0.4, 0.5) is 0 Å². The molecule has 0 saturated carbocycles. The van der Waals surface area contributed by atoms with Gasteiger partial charge in [0.15, 0.2) is 10.9 Å². The van der Waals surface area contributed by atoms with Crippen LogP contribution in [-0.2, 0) is 0 Å². The van der Waals surface area contributed by atoms with E-state index < -0.39 is 5.25 Å². The van der Waals surface area contributed by atoms with E-state index in [0.29, 0.717) is 38.1 Å². The molecule has 0 saturated heterocycles. The van der Waals surface area contributed by atoms with Crippen LogP contribution >= 0.6 is 23.4 Å². The van der Waals surface area contributed by atoms with E-state index in [9.17, 15) is 9.59 Å². The third-order valence-corrected chi connectivity index (χ3v) is 6.62. The molecule has 1 aromatic heterocycles. The molecule has 1 atom stereocenters. The van der Waals surface area contributed by atoms with E-state index in [1.807, 2.05) is 38.1 Å². The second kappa shape index (κ2) is 9.18. The normalized spacial score (nSPS) is 12.0. The standard InChI is InChI=1S/C25H21ClN2O3S/c1-15-13-21(22(31-3)14-19(15)26)28-24(30)18-11-7-8-12-20(18)27-25(28)32-16(2)23(29)17-9-5-4-6-10-17/h4-14,16H,1-3H3. The Morgan fingerprint density at radius 3 is 2.50 bits per heavy atom. The zero-order valence-corrected chi connectivity index (χ0v) is 19.4. The number of carbonyl (C=O) groups is 1. The van der Waals surface area contributed by atoms with Crippen LogP contribution in [0.2, 0.25) is 5.02 Å². The quantitative estimate of drug-likeness (QED) is 0.207. The minimum atomic E-state index is -0.462. The van der Waals surface area contributed by atoms with Crippen molar-refractivity contribution in [3.63, 3.8) is 0 Å². The number of ether oxygens (including phenoxy) is 1. The molecule has 4 rings (SSSR count). The Kier molecular flexibility index (Phi) is 6.35. The van der Waals surface area contributed by atoms with E-state index in [1.165, 1.54) is 23.4 Å². The molecule has 1 unspecified atom stereocenters. The van der Waals surface area contributed by atoms with E-state index >= 15 is 0 Å². The van der Waals surface area contributed by atoms with Crippen LogP contribution in [0.3, 0.4) is 0 Å². The predicted molar refractivity (Wildman–Crippen MR) is 130 cm³/mol. The lowest BCUT2D eigenvalue weighted by Gasteiger charge is -2.18. The Morgan fingerprint density at radius 1 is 1.09 bits per heavy atom. The molecule has 7 heteroatoms. The van der Waals surface area contributed by atoms with Gasteiger partial charge in [0.1, 0.15) is 5.75 Å². The second-order valence-corrected chi connectivity index (χ2v) is 9.03. The van der Waals surface area contributed by atoms with Crippen LogP contribution in [0.25, 0.3) is 16.6 Å². The average Bonchev–Trinajstić information content (AvgIpc) is 2.81. The topological polar surface area (TPSA) is 61.2 Å². The minimum absolute atomic E-state index is 0.0381. The zero-order valence-electron chi connectivity index (χ0n) is 17.8. The number of para-hydroxylation sites is 1. The van der Waals surface area contributed by atoms with Gasteiger partial charge in [0.2, 0.25) is 0 Å². The lowest BCUT2D eigenvalue weighted by atomic mass is 10.1. The highest BCUT2D eigenvalue weighted by atomic mass is 35.5. The number of ketones is 1. The number of carbonyl (C=O) groups excluding carboxylic acids is 1. The van der Waals surface area contributed by atoms with Gasteiger partial charge in [-0.2, -0.15) is 0 Å². The summed E-state index contributed by atoms with van der Waals surface area (Å²) in [6.07, 6.45) is 0. The highest BCUT2D eigenvalue weighted by Gasteiger charge is 2.23. The number of halogens is 1. The molecular formula is C25H21ClN2O3S. The molecule has 0 aliphatic carbocycles. The summed E-state index contributed by atoms with van der Waals surface area (Å²) in [5.74, 6) is 0.410. The van der Waals surface area contributed by atoms with Crippen molar-refractivity contribution in [2.75, 3.05) is 7.11 Å². The summed E-state index contributed by atoms with van der Waals surface area (Å²) >= 11 is 7.53. The third-order valence-electron chi connectivity index (χ3n) is 5.16. The molecule has 4 aromatic rings. The summed E-state index contributed by atoms with van der Waals surface area (Å²) in [6, 6.07) is 19.7. The lowest BCUT2D eigenvalue weighted by Crippen LogP contribution is -2.24. The number of hydrogen-bond donors (Lipinski definition) is 0. The fraction of sp³-hybridized carbons (Fsp3) is 0.160. The van der Waals surface area contributed by atoms with Gasteiger partial charge in [0.05, 0.1) is 29.0 Å². The Labute approximate surface area is 195 Å². The smallest absolute Gasteiger partial charge is 0.266 e. The largest absolute Gasteiger partial charge is 0.495 e. The molecule has 0 aliphatic heterocycles. The fourth-order valence-electron chi connectivity index (χ4n) is 3.44. The van der Waals surface area contributed by atoms with Gasteiger partial charge < -0.3 is 4.74 Å². The lowest BCUT2D eigenvalue weighted by molar-refractivity contribution is 0.0994. The molecule has 0 radical (unpaired) electrons. The molecule has 1 heterocycles. The first-order chi connectivity index (χ1) is 15.4. The minimum Gasteiger partial charge on any atom is -0.495 e. The summed E-state index contributed by atoms with van der Waals surface area (Å²) in [4.78, 5) is 31.3. The highest BCUT2D eigenvalue weighted by Crippen LogP contribution is 2.33. The number of benzene rings is 3. The summed E-state index contributed by atoms with van der Waals surface area (Å²) < 4.78 is 7.04. The first-order valence-electron chi connectivity index (χ1n) is 10.0. The van der Waals surface area contributed by atoms with Crippen LogP contribution < -0.4 is 10.3 Å². The van der Waals surface area contributed by atoms with Crippen molar-refractivity contribution in [2.24, 2.45) is 0 Å². The van der Waals surface area contributed by atoms with Gasteiger partial charge in [-0.15, -0.1) is 0 Å². The first kappa shape index (κ1) is 22.1. The fourth-order valence-corrected chi connectivity index (χ4v) is 4.59. The number of thioether (sulfide) groups is 1. The van der Waals surface area contributed by atoms with Crippen molar-refractivity contribution in [3.05, 3.63) is 93.2 Å². The summed E-state index contributed by atoms with van der Waals surface area (Å²) in [7, 11) is 1.53. The third kappa shape index (κ3) is 4.16. The number of rotatable bonds is 6. The van der Waals surface area contributed by atoms with Gasteiger partial charge in [-0.05, 0) is 37.6 Å². The van der Waals surface area contributed by atoms with Crippen molar-refractivity contribution in [1.82, 2.24) is 9.55 Å². The maximum Gasteiger partial charge on any atom is 0.266 e. The van der Waals surface area contributed by atoms with Gasteiger partial charge in [0.25, 0.3) is 5.56 Å². The van der Waals surface area contributed by atoms with Crippen molar-refractivity contribution in [2.45, 2.75) is 24.3 Å². The molecule has 0 fully saturated rings. The van der Waals surface area contributed by atoms with E-state index in [4.69, 9.17) is 21.3 Å². The van der Waals surface area contributed by atoms with Gasteiger partial charge in [0, 0.05) is 16.7 Å². The van der Waals surface area contributed by atoms with Crippen molar-refractivity contribution < 1.29 is 9.53 Å². The number of fused-ring (bicyclic) bond motifs is 1. The SMILES string of the molecule is COc1cc(Cl)c(C)cc1-n1c(SC(C)C(=O)c2ccccc2)nc2ccccc2c1=O. The molecule has 32 heavy (non-hydrogen) atoms. The number of hydrogen-bond acceptors (Lipinski definition) is 5. The number of aryl methyl sites for hydroxylation is 1. The van der Waals surface area contributed by atoms with Crippen LogP contribution in [0.5, 0.6) is 5.75 Å². The van der Waals surface area contributed by atoms with E-state index in [-0.39, 0.29) is 11.3 Å². The molecule has 0 N–H and O–H groups in total. The first-order valence-corrected chi connectivity index (χ1v) is 11.3. The van der Waals surface area contributed by atoms with Gasteiger partial charge in [-0.1, -0.05) is 65.8 Å². The number of Topliss-reactive ketones (excluding diaryl/α,β-unsaturated/α-hetero) is 1. The average molecular weight is 465 g/mol. The maximum absolute atomic E-state index is 13.6. The van der Waals surface area contributed by atoms with Crippen molar-refractivity contribution in [3.8, 4) is 11.4 Å². The van der Waals surface area contributed by atoms with Crippen LogP contribution in [-0.4, -0.2) is 27.7 Å². The van der Waals surface area contributed by atoms with Gasteiger partial charge in [-0.25, -0.2) is 4.98 Å². The Balaban J connectivity index is 1.90. The molecule has 5 nitrogen and oxygen atoms in total. The monoisotopic (exact) mass is 464 g/mol. The maximum atomic E-state index is 13.6. The number of aromatic nitrogens is 2. The van der Waals surface area contributed by atoms with E-state index in [2.05, 4.69) is 0 Å². The number of methoxy groups -OCH3 is 1. The van der Waals surface area contributed by atoms with Crippen LogP contribution in [0.1, 0.15) is 22.8 Å². The Morgan fingerprint density at radius 2 is 1.78 bits per heavy atom. The molecule has 3 aromatic carbocycles. The molecule has 0 aliphatic rings. The Bertz CT molecular complexity index is 1370. The van der Waals surface area contributed by atoms with Gasteiger partial charge in [-0.3, -0.25) is 14.2 Å². The highest BCUT2D eigenvalue weighted by molar-refractivity contribution is 8.00. The molecule has 0 bridgehead atoms. The second-order valence-electron chi connectivity index (χ2n) is 7.32. The molecule has 0 spiro atoms. The Hall–Kier alpha value is -3.09. The van der Waals surface area contributed by atoms with Crippen molar-refractivity contribution in [1.29, 1.82) is 0 Å². The summed E-state index contributed by atoms with van der Waals surface area (Å²) in [6.45, 7) is 3.68. The predicted octanol–water partition coefficient (Wildman–Crippen LogP) is 5.72. The van der Waals surface area contributed by atoms with Gasteiger partial charge >= 0.3 is 0 Å². The van der Waals surface area contributed by atoms with Crippen LogP contribution in [0.15, 0.2) is 76.7 Å². The zero-order chi connectivity index (χ0) is 22.8. The van der Waals surface area contributed by atoms with E-state index in [1.54, 1.807) is 42.5 Å². The van der Waals surface area contributed by atoms with E-state index in [0.717, 1.165) is 5.56 Å². The summed E-state index contributed by atoms with van der Waals surface area (Å²) in [5.41, 5.74) is 2.27. The van der Waals surface area contributed by atoms with Crippen molar-refractivity contribution >= 4 is 40.0 Å². The number of nitrogens with zero attached hydrogens (tertiary/aromatic N) is 2. The molecular weight excluding hydrogens is 444 g/mol. The summed E-state index contributed by atoms with van der Waals surface area (Å²) in [5, 5.41) is 0.962. The van der Waals surface area contributed by atoms with Crippen LogP contribution in [0, 0.1) is 6.92 Å². The molecule has 162 valence electrons. The molecule has 0 amide bonds.